The lowest BCUT2D eigenvalue weighted by Gasteiger charge is -2.05. The van der Waals surface area contributed by atoms with E-state index >= 15 is 0 Å². The zero-order valence-corrected chi connectivity index (χ0v) is 10.9. The number of halogens is 2. The molecule has 0 aliphatic heterocycles. The Morgan fingerprint density at radius 1 is 1.35 bits per heavy atom. The lowest BCUT2D eigenvalue weighted by atomic mass is 10.2. The lowest BCUT2D eigenvalue weighted by Crippen LogP contribution is -2.13. The molecule has 0 radical (unpaired) electrons. The number of hydrogen-bond acceptors (Lipinski definition) is 3. The summed E-state index contributed by atoms with van der Waals surface area (Å²) in [7, 11) is 0. The molecule has 1 heterocycles. The predicted molar refractivity (Wildman–Crippen MR) is 72.6 cm³/mol. The van der Waals surface area contributed by atoms with Crippen LogP contribution >= 0.6 is 11.3 Å². The van der Waals surface area contributed by atoms with Crippen LogP contribution in [0.15, 0.2) is 29.6 Å². The van der Waals surface area contributed by atoms with Gasteiger partial charge in [0.15, 0.2) is 11.6 Å². The number of hydrogen-bond donors (Lipinski definition) is 2. The molecule has 0 aliphatic rings. The quantitative estimate of drug-likeness (QED) is 0.836. The van der Waals surface area contributed by atoms with Crippen molar-refractivity contribution in [1.82, 2.24) is 0 Å². The summed E-state index contributed by atoms with van der Waals surface area (Å²) >= 11 is 1.13. The molecule has 0 bridgehead atoms. The minimum Gasteiger partial charge on any atom is -0.384 e. The Bertz CT molecular complexity index is 701. The van der Waals surface area contributed by atoms with Crippen molar-refractivity contribution >= 4 is 22.9 Å². The van der Waals surface area contributed by atoms with Crippen molar-refractivity contribution in [3.05, 3.63) is 51.7 Å². The number of aliphatic hydroxyl groups excluding tert-OH is 1. The predicted octanol–water partition coefficient (Wildman–Crippen LogP) is 2.62. The van der Waals surface area contributed by atoms with Gasteiger partial charge in [-0.15, -0.1) is 11.3 Å². The Kier molecular flexibility index (Phi) is 4.45. The van der Waals surface area contributed by atoms with Crippen molar-refractivity contribution in [2.45, 2.75) is 0 Å². The smallest absolute Gasteiger partial charge is 0.267 e. The van der Waals surface area contributed by atoms with Crippen molar-refractivity contribution in [2.24, 2.45) is 0 Å². The van der Waals surface area contributed by atoms with Gasteiger partial charge in [-0.3, -0.25) is 4.79 Å². The van der Waals surface area contributed by atoms with E-state index in [9.17, 15) is 13.6 Å². The van der Waals surface area contributed by atoms with Gasteiger partial charge in [0, 0.05) is 5.56 Å². The van der Waals surface area contributed by atoms with E-state index in [0.717, 1.165) is 17.4 Å². The summed E-state index contributed by atoms with van der Waals surface area (Å²) in [4.78, 5) is 12.3. The second kappa shape index (κ2) is 6.28. The Morgan fingerprint density at radius 3 is 2.90 bits per heavy atom. The van der Waals surface area contributed by atoms with Crippen LogP contribution in [0.1, 0.15) is 15.2 Å². The maximum absolute atomic E-state index is 13.5. The third-order valence-corrected chi connectivity index (χ3v) is 3.29. The monoisotopic (exact) mass is 293 g/mol. The average Bonchev–Trinajstić information content (AvgIpc) is 2.90. The number of nitrogens with one attached hydrogen (secondary N) is 1. The minimum atomic E-state index is -1.11. The van der Waals surface area contributed by atoms with Crippen molar-refractivity contribution in [3.8, 4) is 11.8 Å². The van der Waals surface area contributed by atoms with Crippen LogP contribution < -0.4 is 5.32 Å². The van der Waals surface area contributed by atoms with Gasteiger partial charge in [0.1, 0.15) is 11.5 Å². The summed E-state index contributed by atoms with van der Waals surface area (Å²) in [6, 6.07) is 5.15. The molecule has 0 atom stereocenters. The molecule has 1 aromatic heterocycles. The maximum Gasteiger partial charge on any atom is 0.267 e. The van der Waals surface area contributed by atoms with Gasteiger partial charge in [-0.25, -0.2) is 8.78 Å². The molecule has 2 aromatic rings. The number of carbonyl (C=O) groups excluding carboxylic acids is 1. The molecule has 2 N–H and O–H groups in total. The van der Waals surface area contributed by atoms with Gasteiger partial charge >= 0.3 is 0 Å². The van der Waals surface area contributed by atoms with E-state index in [1.54, 1.807) is 11.4 Å². The second-order valence-corrected chi connectivity index (χ2v) is 4.59. The number of thiophene rings is 1. The van der Waals surface area contributed by atoms with Crippen LogP contribution in [-0.4, -0.2) is 17.6 Å². The first kappa shape index (κ1) is 14.2. The van der Waals surface area contributed by atoms with Gasteiger partial charge in [-0.2, -0.15) is 0 Å². The molecule has 0 aliphatic carbocycles. The molecule has 2 rings (SSSR count). The summed E-state index contributed by atoms with van der Waals surface area (Å²) < 4.78 is 26.5. The van der Waals surface area contributed by atoms with E-state index in [1.807, 2.05) is 0 Å². The number of anilines is 1. The second-order valence-electron chi connectivity index (χ2n) is 3.68. The highest BCUT2D eigenvalue weighted by Crippen LogP contribution is 2.21. The first-order valence-electron chi connectivity index (χ1n) is 5.56. The summed E-state index contributed by atoms with van der Waals surface area (Å²) in [5, 5.41) is 12.6. The largest absolute Gasteiger partial charge is 0.384 e. The van der Waals surface area contributed by atoms with Gasteiger partial charge < -0.3 is 10.4 Å². The topological polar surface area (TPSA) is 49.3 Å². The third kappa shape index (κ3) is 3.02. The van der Waals surface area contributed by atoms with Gasteiger partial charge in [-0.05, 0) is 23.6 Å². The fraction of sp³-hybridized carbons (Fsp3) is 0.0714. The molecule has 3 nitrogen and oxygen atoms in total. The van der Waals surface area contributed by atoms with E-state index < -0.39 is 17.5 Å². The molecule has 0 spiro atoms. The molecule has 1 aromatic carbocycles. The van der Waals surface area contributed by atoms with Crippen LogP contribution in [0.3, 0.4) is 0 Å². The first-order chi connectivity index (χ1) is 9.63. The van der Waals surface area contributed by atoms with Crippen molar-refractivity contribution in [3.63, 3.8) is 0 Å². The van der Waals surface area contributed by atoms with Crippen LogP contribution in [-0.2, 0) is 0 Å². The van der Waals surface area contributed by atoms with Gasteiger partial charge in [-0.1, -0.05) is 17.9 Å². The van der Waals surface area contributed by atoms with Crippen LogP contribution in [0, 0.1) is 23.5 Å². The average molecular weight is 293 g/mol. The highest BCUT2D eigenvalue weighted by Gasteiger charge is 2.15. The maximum atomic E-state index is 13.5. The Balaban J connectivity index is 2.25. The van der Waals surface area contributed by atoms with Crippen LogP contribution in [0.25, 0.3) is 0 Å². The first-order valence-corrected chi connectivity index (χ1v) is 6.44. The molecule has 0 fully saturated rings. The van der Waals surface area contributed by atoms with Crippen LogP contribution in [0.4, 0.5) is 14.5 Å². The van der Waals surface area contributed by atoms with Gasteiger partial charge in [0.05, 0.1) is 5.69 Å². The lowest BCUT2D eigenvalue weighted by molar-refractivity contribution is 0.103. The molecular weight excluding hydrogens is 284 g/mol. The molecule has 102 valence electrons. The van der Waals surface area contributed by atoms with Crippen LogP contribution in [0.5, 0.6) is 0 Å². The number of benzene rings is 1. The zero-order chi connectivity index (χ0) is 14.5. The number of aliphatic hydroxyl groups is 1. The molecule has 0 unspecified atom stereocenters. The van der Waals surface area contributed by atoms with E-state index in [0.29, 0.717) is 5.56 Å². The molecule has 0 saturated heterocycles. The molecule has 20 heavy (non-hydrogen) atoms. The number of carbonyl (C=O) groups is 1. The summed E-state index contributed by atoms with van der Waals surface area (Å²) in [5.74, 6) is 2.32. The fourth-order valence-electron chi connectivity index (χ4n) is 1.50. The van der Waals surface area contributed by atoms with E-state index in [2.05, 4.69) is 17.2 Å². The Morgan fingerprint density at radius 2 is 2.15 bits per heavy atom. The van der Waals surface area contributed by atoms with E-state index in [1.165, 1.54) is 12.1 Å². The van der Waals surface area contributed by atoms with Crippen molar-refractivity contribution in [2.75, 3.05) is 11.9 Å². The molecule has 6 heteroatoms. The summed E-state index contributed by atoms with van der Waals surface area (Å²) in [6.07, 6.45) is 0. The molecule has 1 amide bonds. The minimum absolute atomic E-state index is 0.232. The fourth-order valence-corrected chi connectivity index (χ4v) is 2.24. The SMILES string of the molecule is O=C(Nc1cccc(F)c1F)c1sccc1C#CCO. The number of amides is 1. The van der Waals surface area contributed by atoms with Crippen molar-refractivity contribution < 1.29 is 18.7 Å². The number of rotatable bonds is 2. The van der Waals surface area contributed by atoms with Gasteiger partial charge in [0.25, 0.3) is 5.91 Å². The summed E-state index contributed by atoms with van der Waals surface area (Å²) in [5.41, 5.74) is 0.197. The highest BCUT2D eigenvalue weighted by atomic mass is 32.1. The summed E-state index contributed by atoms with van der Waals surface area (Å²) in [6.45, 7) is -0.324. The van der Waals surface area contributed by atoms with E-state index in [-0.39, 0.29) is 17.2 Å². The van der Waals surface area contributed by atoms with E-state index in [4.69, 9.17) is 5.11 Å². The van der Waals surface area contributed by atoms with Gasteiger partial charge in [0.2, 0.25) is 0 Å². The Hall–Kier alpha value is -2.23. The highest BCUT2D eigenvalue weighted by molar-refractivity contribution is 7.12. The Labute approximate surface area is 117 Å². The van der Waals surface area contributed by atoms with Crippen molar-refractivity contribution in [1.29, 1.82) is 0 Å². The molecule has 0 saturated carbocycles. The normalized spacial score (nSPS) is 9.75. The van der Waals surface area contributed by atoms with Crippen LogP contribution in [0.2, 0.25) is 0 Å². The third-order valence-electron chi connectivity index (χ3n) is 2.37. The molecular formula is C14H9F2NO2S. The zero-order valence-electron chi connectivity index (χ0n) is 10.1. The standard InChI is InChI=1S/C14H9F2NO2S/c15-10-4-1-5-11(12(10)16)17-14(19)13-9(3-2-7-18)6-8-20-13/h1,4-6,8,18H,7H2,(H,17,19).